The third-order valence-corrected chi connectivity index (χ3v) is 3.03. The van der Waals surface area contributed by atoms with Gasteiger partial charge in [0.2, 0.25) is 5.60 Å². The van der Waals surface area contributed by atoms with Gasteiger partial charge in [-0.1, -0.05) is 54.6 Å². The number of aliphatic carboxylic acids is 1. The molecule has 0 saturated carbocycles. The van der Waals surface area contributed by atoms with Crippen LogP contribution in [0.1, 0.15) is 16.7 Å². The van der Waals surface area contributed by atoms with E-state index >= 15 is 0 Å². The number of carboxylic acids is 1. The Morgan fingerprint density at radius 2 is 1.53 bits per heavy atom. The highest BCUT2D eigenvalue weighted by atomic mass is 19.1. The van der Waals surface area contributed by atoms with Crippen LogP contribution in [0.25, 0.3) is 0 Å². The molecule has 0 aliphatic carbocycles. The molecule has 4 heteroatoms. The van der Waals surface area contributed by atoms with Crippen molar-refractivity contribution in [3.05, 3.63) is 71.3 Å². The molecule has 0 unspecified atom stereocenters. The topological polar surface area (TPSA) is 57.5 Å². The average molecular weight is 260 g/mol. The van der Waals surface area contributed by atoms with Gasteiger partial charge in [-0.2, -0.15) is 0 Å². The van der Waals surface area contributed by atoms with E-state index in [4.69, 9.17) is 0 Å². The van der Waals surface area contributed by atoms with Crippen LogP contribution in [-0.2, 0) is 17.1 Å². The number of aliphatic hydroxyl groups is 1. The van der Waals surface area contributed by atoms with E-state index in [9.17, 15) is 19.4 Å². The summed E-state index contributed by atoms with van der Waals surface area (Å²) in [6.07, 6.45) is 0. The molecule has 2 aromatic rings. The molecular weight excluding hydrogens is 247 g/mol. The number of carboxylic acid groups (broad SMARTS) is 1. The van der Waals surface area contributed by atoms with E-state index in [1.807, 2.05) is 0 Å². The fourth-order valence-electron chi connectivity index (χ4n) is 1.93. The molecule has 0 spiro atoms. The van der Waals surface area contributed by atoms with E-state index in [0.29, 0.717) is 5.56 Å². The molecule has 1 atom stereocenters. The maximum absolute atomic E-state index is 12.5. The number of benzene rings is 2. The van der Waals surface area contributed by atoms with Crippen molar-refractivity contribution in [3.8, 4) is 0 Å². The van der Waals surface area contributed by atoms with Crippen molar-refractivity contribution in [3.63, 3.8) is 0 Å². The minimum absolute atomic E-state index is 0.198. The first-order valence-electron chi connectivity index (χ1n) is 5.75. The number of alkyl halides is 1. The molecule has 0 heterocycles. The summed E-state index contributed by atoms with van der Waals surface area (Å²) >= 11 is 0. The van der Waals surface area contributed by atoms with E-state index in [1.165, 1.54) is 36.4 Å². The van der Waals surface area contributed by atoms with Gasteiger partial charge in [-0.25, -0.2) is 9.18 Å². The fourth-order valence-corrected chi connectivity index (χ4v) is 1.93. The molecule has 2 N–H and O–H groups in total. The van der Waals surface area contributed by atoms with Crippen LogP contribution in [0.4, 0.5) is 4.39 Å². The van der Waals surface area contributed by atoms with Gasteiger partial charge < -0.3 is 10.2 Å². The fraction of sp³-hybridized carbons (Fsp3) is 0.133. The number of hydrogen-bond donors (Lipinski definition) is 2. The van der Waals surface area contributed by atoms with Crippen molar-refractivity contribution < 1.29 is 19.4 Å². The monoisotopic (exact) mass is 260 g/mol. The normalized spacial score (nSPS) is 13.8. The number of halogens is 1. The van der Waals surface area contributed by atoms with Crippen molar-refractivity contribution in [1.82, 2.24) is 0 Å². The lowest BCUT2D eigenvalue weighted by Gasteiger charge is -2.24. The van der Waals surface area contributed by atoms with Gasteiger partial charge in [-0.05, 0) is 16.7 Å². The van der Waals surface area contributed by atoms with Crippen LogP contribution in [0.15, 0.2) is 54.6 Å². The number of rotatable bonds is 4. The highest BCUT2D eigenvalue weighted by molar-refractivity contribution is 5.83. The Hall–Kier alpha value is -2.20. The second-order valence-electron chi connectivity index (χ2n) is 4.21. The van der Waals surface area contributed by atoms with Crippen LogP contribution in [0.2, 0.25) is 0 Å². The third kappa shape index (κ3) is 2.35. The minimum atomic E-state index is -2.13. The predicted octanol–water partition coefficient (Wildman–Crippen LogP) is 2.48. The highest BCUT2D eigenvalue weighted by Gasteiger charge is 2.39. The van der Waals surface area contributed by atoms with Gasteiger partial charge in [-0.3, -0.25) is 0 Å². The van der Waals surface area contributed by atoms with E-state index in [2.05, 4.69) is 0 Å². The van der Waals surface area contributed by atoms with E-state index in [1.54, 1.807) is 18.2 Å². The standard InChI is InChI=1S/C15H13FO3/c16-10-11-6-8-13(9-7-11)15(19,14(17)18)12-4-2-1-3-5-12/h1-9,19H,10H2,(H,17,18)/t15-/m1/s1. The molecule has 0 radical (unpaired) electrons. The summed E-state index contributed by atoms with van der Waals surface area (Å²) in [5.74, 6) is -1.37. The Morgan fingerprint density at radius 1 is 1.00 bits per heavy atom. The average Bonchev–Trinajstić information content (AvgIpc) is 2.47. The number of carbonyl (C=O) groups is 1. The summed E-state index contributed by atoms with van der Waals surface area (Å²) in [4.78, 5) is 11.5. The summed E-state index contributed by atoms with van der Waals surface area (Å²) in [5, 5.41) is 19.8. The van der Waals surface area contributed by atoms with Crippen LogP contribution in [0, 0.1) is 0 Å². The molecule has 3 nitrogen and oxygen atoms in total. The van der Waals surface area contributed by atoms with Crippen LogP contribution < -0.4 is 0 Å². The molecule has 0 aliphatic rings. The molecule has 98 valence electrons. The van der Waals surface area contributed by atoms with E-state index in [-0.39, 0.29) is 11.1 Å². The maximum atomic E-state index is 12.5. The van der Waals surface area contributed by atoms with Crippen molar-refractivity contribution in [2.24, 2.45) is 0 Å². The molecule has 0 fully saturated rings. The molecule has 0 saturated heterocycles. The molecule has 0 bridgehead atoms. The van der Waals surface area contributed by atoms with Crippen molar-refractivity contribution in [1.29, 1.82) is 0 Å². The first kappa shape index (κ1) is 13.2. The summed E-state index contributed by atoms with van der Waals surface area (Å²) in [7, 11) is 0. The molecule has 0 aromatic heterocycles. The van der Waals surface area contributed by atoms with Crippen LogP contribution in [0.5, 0.6) is 0 Å². The Bertz CT molecular complexity index is 566. The first-order valence-corrected chi connectivity index (χ1v) is 5.75. The van der Waals surface area contributed by atoms with Crippen LogP contribution in [-0.4, -0.2) is 16.2 Å². The van der Waals surface area contributed by atoms with Gasteiger partial charge in [0.25, 0.3) is 0 Å². The second kappa shape index (κ2) is 5.20. The lowest BCUT2D eigenvalue weighted by atomic mass is 9.86. The van der Waals surface area contributed by atoms with Gasteiger partial charge in [0.15, 0.2) is 0 Å². The van der Waals surface area contributed by atoms with Gasteiger partial charge in [0, 0.05) is 0 Å². The van der Waals surface area contributed by atoms with Gasteiger partial charge >= 0.3 is 5.97 Å². The molecule has 19 heavy (non-hydrogen) atoms. The SMILES string of the molecule is O=C(O)[C@@](O)(c1ccccc1)c1ccc(CF)cc1. The van der Waals surface area contributed by atoms with Crippen molar-refractivity contribution in [2.75, 3.05) is 0 Å². The van der Waals surface area contributed by atoms with Crippen molar-refractivity contribution in [2.45, 2.75) is 12.3 Å². The molecule has 2 rings (SSSR count). The predicted molar refractivity (Wildman–Crippen MR) is 68.3 cm³/mol. The van der Waals surface area contributed by atoms with Crippen molar-refractivity contribution >= 4 is 5.97 Å². The zero-order valence-electron chi connectivity index (χ0n) is 10.1. The van der Waals surface area contributed by atoms with Gasteiger partial charge in [-0.15, -0.1) is 0 Å². The Morgan fingerprint density at radius 3 is 2.00 bits per heavy atom. The first-order chi connectivity index (χ1) is 9.09. The van der Waals surface area contributed by atoms with E-state index < -0.39 is 18.2 Å². The second-order valence-corrected chi connectivity index (χ2v) is 4.21. The minimum Gasteiger partial charge on any atom is -0.479 e. The third-order valence-electron chi connectivity index (χ3n) is 3.03. The quantitative estimate of drug-likeness (QED) is 0.887. The Balaban J connectivity index is 2.53. The lowest BCUT2D eigenvalue weighted by Crippen LogP contribution is -2.36. The molecule has 0 amide bonds. The summed E-state index contributed by atoms with van der Waals surface area (Å²) in [6.45, 7) is -0.628. The smallest absolute Gasteiger partial charge is 0.345 e. The summed E-state index contributed by atoms with van der Waals surface area (Å²) < 4.78 is 12.5. The largest absolute Gasteiger partial charge is 0.479 e. The molecule has 2 aromatic carbocycles. The van der Waals surface area contributed by atoms with E-state index in [0.717, 1.165) is 0 Å². The Kier molecular flexibility index (Phi) is 3.62. The van der Waals surface area contributed by atoms with Crippen LogP contribution in [0.3, 0.4) is 0 Å². The lowest BCUT2D eigenvalue weighted by molar-refractivity contribution is -0.155. The molecular formula is C15H13FO3. The maximum Gasteiger partial charge on any atom is 0.345 e. The number of hydrogen-bond acceptors (Lipinski definition) is 2. The zero-order chi connectivity index (χ0) is 13.9. The van der Waals surface area contributed by atoms with Gasteiger partial charge in [0.1, 0.15) is 6.67 Å². The highest BCUT2D eigenvalue weighted by Crippen LogP contribution is 2.30. The summed E-state index contributed by atoms with van der Waals surface area (Å²) in [6, 6.07) is 13.9. The molecule has 0 aliphatic heterocycles. The zero-order valence-corrected chi connectivity index (χ0v) is 10.1. The Labute approximate surface area is 109 Å². The van der Waals surface area contributed by atoms with Gasteiger partial charge in [0.05, 0.1) is 0 Å². The summed E-state index contributed by atoms with van der Waals surface area (Å²) in [5.41, 5.74) is -1.24. The van der Waals surface area contributed by atoms with Crippen LogP contribution >= 0.6 is 0 Å².